The average Bonchev–Trinajstić information content (AvgIpc) is 3.26. The first-order valence-electron chi connectivity index (χ1n) is 25.2. The molecule has 0 aromatic carbocycles. The molecule has 1 aliphatic rings. The molecule has 1 saturated heterocycles. The number of carbonyl (C=O) groups excluding carboxylic acids is 1. The van der Waals surface area contributed by atoms with E-state index in [0.29, 0.717) is 13.0 Å². The standard InChI is InChI=1S/C52H94O9/c1-3-5-7-9-11-13-15-17-19-20-21-22-23-24-25-26-28-30-32-34-36-38-40-42-58-44-46(45-59-52-51(57)50(56)49(55)47(43-53)61-52)60-48(54)41-39-37-35-33-31-29-27-18-16-14-12-10-8-6-4-2/h6,8,12,14,18,27,31,33,46-47,49-53,55-57H,3-5,7,9-11,13,15-17,19-26,28-30,32,34-45H2,1-2H3/b8-6-,14-12-,27-18-,33-31-. The Bertz CT molecular complexity index is 1070. The number of rotatable bonds is 43. The number of aliphatic hydroxyl groups excluding tert-OH is 4. The van der Waals surface area contributed by atoms with Crippen molar-refractivity contribution in [3.05, 3.63) is 48.6 Å². The van der Waals surface area contributed by atoms with E-state index >= 15 is 0 Å². The quantitative estimate of drug-likeness (QED) is 0.0268. The molecule has 6 atom stereocenters. The predicted octanol–water partition coefficient (Wildman–Crippen LogP) is 12.1. The zero-order chi connectivity index (χ0) is 44.3. The zero-order valence-corrected chi connectivity index (χ0v) is 39.2. The molecule has 0 spiro atoms. The van der Waals surface area contributed by atoms with Crippen LogP contribution in [0.5, 0.6) is 0 Å². The van der Waals surface area contributed by atoms with E-state index in [0.717, 1.165) is 51.4 Å². The molecule has 0 bridgehead atoms. The van der Waals surface area contributed by atoms with Crippen LogP contribution in [0.1, 0.15) is 213 Å². The molecule has 0 aromatic heterocycles. The van der Waals surface area contributed by atoms with E-state index in [-0.39, 0.29) is 25.6 Å². The first-order chi connectivity index (χ1) is 29.9. The van der Waals surface area contributed by atoms with Crippen LogP contribution in [-0.4, -0.2) is 89.6 Å². The molecule has 1 rings (SSSR count). The lowest BCUT2D eigenvalue weighted by atomic mass is 9.99. The monoisotopic (exact) mass is 863 g/mol. The third-order valence-electron chi connectivity index (χ3n) is 11.5. The number of aliphatic hydroxyl groups is 4. The summed E-state index contributed by atoms with van der Waals surface area (Å²) in [6, 6.07) is 0. The van der Waals surface area contributed by atoms with Gasteiger partial charge in [-0.05, 0) is 51.4 Å². The molecule has 1 fully saturated rings. The minimum atomic E-state index is -1.54. The molecule has 9 nitrogen and oxygen atoms in total. The Kier molecular flexibility index (Phi) is 40.7. The maximum Gasteiger partial charge on any atom is 0.306 e. The van der Waals surface area contributed by atoms with Crippen LogP contribution in [0.25, 0.3) is 0 Å². The molecular weight excluding hydrogens is 769 g/mol. The summed E-state index contributed by atoms with van der Waals surface area (Å²) in [5.74, 6) is -0.351. The van der Waals surface area contributed by atoms with Gasteiger partial charge in [0, 0.05) is 13.0 Å². The Hall–Kier alpha value is -1.85. The molecule has 0 aromatic rings. The molecule has 0 radical (unpaired) electrons. The summed E-state index contributed by atoms with van der Waals surface area (Å²) < 4.78 is 22.8. The Labute approximate surface area is 373 Å². The van der Waals surface area contributed by atoms with Gasteiger partial charge in [-0.1, -0.05) is 204 Å². The summed E-state index contributed by atoms with van der Waals surface area (Å²) in [7, 11) is 0. The van der Waals surface area contributed by atoms with E-state index in [1.807, 2.05) is 0 Å². The van der Waals surface area contributed by atoms with Crippen molar-refractivity contribution in [2.45, 2.75) is 250 Å². The van der Waals surface area contributed by atoms with Crippen LogP contribution in [0, 0.1) is 0 Å². The number of hydrogen-bond donors (Lipinski definition) is 4. The molecule has 0 saturated carbocycles. The first kappa shape index (κ1) is 57.2. The molecule has 1 heterocycles. The van der Waals surface area contributed by atoms with Crippen molar-refractivity contribution in [2.75, 3.05) is 26.4 Å². The Morgan fingerprint density at radius 1 is 0.541 bits per heavy atom. The van der Waals surface area contributed by atoms with Crippen LogP contribution in [0.2, 0.25) is 0 Å². The lowest BCUT2D eigenvalue weighted by Gasteiger charge is -2.39. The number of ether oxygens (including phenoxy) is 4. The van der Waals surface area contributed by atoms with E-state index in [1.54, 1.807) is 0 Å². The maximum absolute atomic E-state index is 12.8. The van der Waals surface area contributed by atoms with Crippen molar-refractivity contribution >= 4 is 5.97 Å². The van der Waals surface area contributed by atoms with E-state index < -0.39 is 43.4 Å². The molecule has 1 aliphatic heterocycles. The van der Waals surface area contributed by atoms with Gasteiger partial charge in [0.05, 0.1) is 19.8 Å². The van der Waals surface area contributed by atoms with Crippen LogP contribution >= 0.6 is 0 Å². The topological polar surface area (TPSA) is 135 Å². The van der Waals surface area contributed by atoms with E-state index in [2.05, 4.69) is 62.5 Å². The fraction of sp³-hybridized carbons (Fsp3) is 0.827. The van der Waals surface area contributed by atoms with Crippen LogP contribution in [0.4, 0.5) is 0 Å². The smallest absolute Gasteiger partial charge is 0.306 e. The fourth-order valence-electron chi connectivity index (χ4n) is 7.60. The summed E-state index contributed by atoms with van der Waals surface area (Å²) in [5, 5.41) is 40.2. The van der Waals surface area contributed by atoms with Crippen LogP contribution in [0.3, 0.4) is 0 Å². The SMILES string of the molecule is CC/C=C\C/C=C\C/C=C\C/C=C\CCCCC(=O)OC(COCCCCCCCCCCCCCCCCCCCCCCCCC)COC1OC(CO)C(O)C(O)C1O. The fourth-order valence-corrected chi connectivity index (χ4v) is 7.60. The molecular formula is C52H94O9. The van der Waals surface area contributed by atoms with Crippen molar-refractivity contribution < 1.29 is 44.2 Å². The molecule has 0 aliphatic carbocycles. The molecule has 0 amide bonds. The van der Waals surface area contributed by atoms with E-state index in [4.69, 9.17) is 18.9 Å². The number of hydrogen-bond acceptors (Lipinski definition) is 9. The minimum Gasteiger partial charge on any atom is -0.457 e. The third kappa shape index (κ3) is 34.3. The van der Waals surface area contributed by atoms with Gasteiger partial charge >= 0.3 is 5.97 Å². The third-order valence-corrected chi connectivity index (χ3v) is 11.5. The Morgan fingerprint density at radius 3 is 1.48 bits per heavy atom. The molecule has 9 heteroatoms. The molecule has 6 unspecified atom stereocenters. The van der Waals surface area contributed by atoms with Gasteiger partial charge < -0.3 is 39.4 Å². The van der Waals surface area contributed by atoms with E-state index in [9.17, 15) is 25.2 Å². The van der Waals surface area contributed by atoms with Gasteiger partial charge in [0.2, 0.25) is 0 Å². The predicted molar refractivity (Wildman–Crippen MR) is 251 cm³/mol. The van der Waals surface area contributed by atoms with Gasteiger partial charge in [-0.3, -0.25) is 4.79 Å². The Balaban J connectivity index is 2.20. The zero-order valence-electron chi connectivity index (χ0n) is 39.2. The van der Waals surface area contributed by atoms with Gasteiger partial charge in [0.15, 0.2) is 6.29 Å². The lowest BCUT2D eigenvalue weighted by Crippen LogP contribution is -2.59. The van der Waals surface area contributed by atoms with Crippen LogP contribution < -0.4 is 0 Å². The molecule has 356 valence electrons. The van der Waals surface area contributed by atoms with Gasteiger partial charge in [-0.25, -0.2) is 0 Å². The van der Waals surface area contributed by atoms with E-state index in [1.165, 1.54) is 135 Å². The second kappa shape index (κ2) is 43.4. The first-order valence-corrected chi connectivity index (χ1v) is 25.2. The van der Waals surface area contributed by atoms with Gasteiger partial charge in [0.25, 0.3) is 0 Å². The van der Waals surface area contributed by atoms with Crippen LogP contribution in [-0.2, 0) is 23.7 Å². The molecule has 4 N–H and O–H groups in total. The second-order valence-electron chi connectivity index (χ2n) is 17.2. The van der Waals surface area contributed by atoms with Crippen molar-refractivity contribution in [3.8, 4) is 0 Å². The van der Waals surface area contributed by atoms with Crippen LogP contribution in [0.15, 0.2) is 48.6 Å². The number of unbranched alkanes of at least 4 members (excludes halogenated alkanes) is 24. The second-order valence-corrected chi connectivity index (χ2v) is 17.2. The van der Waals surface area contributed by atoms with Gasteiger partial charge in [0.1, 0.15) is 30.5 Å². The highest BCUT2D eigenvalue weighted by molar-refractivity contribution is 5.69. The van der Waals surface area contributed by atoms with Gasteiger partial charge in [-0.2, -0.15) is 0 Å². The van der Waals surface area contributed by atoms with Crippen molar-refractivity contribution in [2.24, 2.45) is 0 Å². The van der Waals surface area contributed by atoms with Crippen molar-refractivity contribution in [1.82, 2.24) is 0 Å². The van der Waals surface area contributed by atoms with Crippen molar-refractivity contribution in [3.63, 3.8) is 0 Å². The summed E-state index contributed by atoms with van der Waals surface area (Å²) in [4.78, 5) is 12.8. The largest absolute Gasteiger partial charge is 0.457 e. The van der Waals surface area contributed by atoms with Gasteiger partial charge in [-0.15, -0.1) is 0 Å². The summed E-state index contributed by atoms with van der Waals surface area (Å²) >= 11 is 0. The average molecular weight is 863 g/mol. The highest BCUT2D eigenvalue weighted by atomic mass is 16.7. The number of esters is 1. The summed E-state index contributed by atoms with van der Waals surface area (Å²) in [6.45, 7) is 4.42. The summed E-state index contributed by atoms with van der Waals surface area (Å²) in [5.41, 5.74) is 0. The summed E-state index contributed by atoms with van der Waals surface area (Å²) in [6.07, 6.45) is 47.3. The highest BCUT2D eigenvalue weighted by Crippen LogP contribution is 2.23. The normalized spacial score (nSPS) is 20.3. The Morgan fingerprint density at radius 2 is 1.00 bits per heavy atom. The number of carbonyl (C=O) groups is 1. The number of allylic oxidation sites excluding steroid dienone is 8. The minimum absolute atomic E-state index is 0.129. The molecule has 61 heavy (non-hydrogen) atoms. The van der Waals surface area contributed by atoms with Crippen molar-refractivity contribution in [1.29, 1.82) is 0 Å². The lowest BCUT2D eigenvalue weighted by molar-refractivity contribution is -0.305. The highest BCUT2D eigenvalue weighted by Gasteiger charge is 2.44. The maximum atomic E-state index is 12.8.